The average Bonchev–Trinajstić information content (AvgIpc) is 2.71. The predicted molar refractivity (Wildman–Crippen MR) is 79.3 cm³/mol. The van der Waals surface area contributed by atoms with Crippen LogP contribution in [0.2, 0.25) is 0 Å². The Morgan fingerprint density at radius 1 is 0.889 bits per heavy atom. The zero-order chi connectivity index (χ0) is 12.7. The summed E-state index contributed by atoms with van der Waals surface area (Å²) in [5.41, 5.74) is 6.23. The molecule has 1 aromatic heterocycles. The lowest BCUT2D eigenvalue weighted by molar-refractivity contribution is 1.36. The van der Waals surface area contributed by atoms with Crippen molar-refractivity contribution in [1.29, 1.82) is 0 Å². The first-order valence-electron chi connectivity index (χ1n) is 6.08. The van der Waals surface area contributed by atoms with Gasteiger partial charge in [-0.25, -0.2) is 4.98 Å². The highest BCUT2D eigenvalue weighted by atomic mass is 32.1. The maximum Gasteiger partial charge on any atom is 0.124 e. The SMILES string of the molecule is Cc1ccc(-c2nc3ccc(C)cc3s2)c(C)c1. The Labute approximate surface area is 111 Å². The standard InChI is InChI=1S/C16H15NS/c1-10-4-6-13(12(3)8-10)16-17-14-7-5-11(2)9-15(14)18-16/h4-9H,1-3H3. The summed E-state index contributed by atoms with van der Waals surface area (Å²) >= 11 is 1.77. The monoisotopic (exact) mass is 253 g/mol. The topological polar surface area (TPSA) is 12.9 Å². The first kappa shape index (κ1) is 11.4. The van der Waals surface area contributed by atoms with Crippen LogP contribution in [0.25, 0.3) is 20.8 Å². The highest BCUT2D eigenvalue weighted by Gasteiger charge is 2.08. The van der Waals surface area contributed by atoms with Gasteiger partial charge in [-0.2, -0.15) is 0 Å². The van der Waals surface area contributed by atoms with Crippen molar-refractivity contribution in [3.05, 3.63) is 53.1 Å². The highest BCUT2D eigenvalue weighted by molar-refractivity contribution is 7.21. The molecule has 0 N–H and O–H groups in total. The van der Waals surface area contributed by atoms with Gasteiger partial charge in [-0.3, -0.25) is 0 Å². The van der Waals surface area contributed by atoms with Crippen LogP contribution in [0, 0.1) is 20.8 Å². The van der Waals surface area contributed by atoms with Crippen LogP contribution in [-0.4, -0.2) is 4.98 Å². The summed E-state index contributed by atoms with van der Waals surface area (Å²) in [6.45, 7) is 6.40. The number of benzene rings is 2. The molecule has 0 fully saturated rings. The zero-order valence-corrected chi connectivity index (χ0v) is 11.6. The molecule has 18 heavy (non-hydrogen) atoms. The van der Waals surface area contributed by atoms with E-state index in [4.69, 9.17) is 4.98 Å². The van der Waals surface area contributed by atoms with Gasteiger partial charge in [0, 0.05) is 5.56 Å². The number of fused-ring (bicyclic) bond motifs is 1. The van der Waals surface area contributed by atoms with E-state index >= 15 is 0 Å². The van der Waals surface area contributed by atoms with Gasteiger partial charge in [0.05, 0.1) is 10.2 Å². The second-order valence-electron chi connectivity index (χ2n) is 4.81. The Morgan fingerprint density at radius 3 is 2.39 bits per heavy atom. The zero-order valence-electron chi connectivity index (χ0n) is 10.8. The van der Waals surface area contributed by atoms with Crippen LogP contribution in [0.15, 0.2) is 36.4 Å². The molecule has 3 rings (SSSR count). The fourth-order valence-electron chi connectivity index (χ4n) is 2.20. The minimum absolute atomic E-state index is 1.10. The molecular formula is C16H15NS. The normalized spacial score (nSPS) is 11.1. The van der Waals surface area contributed by atoms with Crippen molar-refractivity contribution in [2.45, 2.75) is 20.8 Å². The van der Waals surface area contributed by atoms with Crippen LogP contribution in [0.3, 0.4) is 0 Å². The molecule has 0 aliphatic heterocycles. The van der Waals surface area contributed by atoms with Crippen LogP contribution in [-0.2, 0) is 0 Å². The van der Waals surface area contributed by atoms with E-state index in [1.807, 2.05) is 0 Å². The molecule has 0 saturated heterocycles. The van der Waals surface area contributed by atoms with E-state index in [2.05, 4.69) is 57.2 Å². The van der Waals surface area contributed by atoms with Gasteiger partial charge in [0.25, 0.3) is 0 Å². The van der Waals surface area contributed by atoms with Gasteiger partial charge in [0.1, 0.15) is 5.01 Å². The van der Waals surface area contributed by atoms with Gasteiger partial charge >= 0.3 is 0 Å². The van der Waals surface area contributed by atoms with Crippen molar-refractivity contribution >= 4 is 21.6 Å². The maximum absolute atomic E-state index is 4.73. The van der Waals surface area contributed by atoms with Crippen molar-refractivity contribution in [1.82, 2.24) is 4.98 Å². The lowest BCUT2D eigenvalue weighted by Crippen LogP contribution is -1.83. The van der Waals surface area contributed by atoms with Crippen LogP contribution in [0.4, 0.5) is 0 Å². The van der Waals surface area contributed by atoms with Crippen LogP contribution >= 0.6 is 11.3 Å². The number of hydrogen-bond acceptors (Lipinski definition) is 2. The van der Waals surface area contributed by atoms with Crippen LogP contribution < -0.4 is 0 Å². The van der Waals surface area contributed by atoms with Gasteiger partial charge in [-0.1, -0.05) is 29.8 Å². The van der Waals surface area contributed by atoms with E-state index in [-0.39, 0.29) is 0 Å². The summed E-state index contributed by atoms with van der Waals surface area (Å²) in [5, 5.41) is 1.12. The summed E-state index contributed by atoms with van der Waals surface area (Å²) in [4.78, 5) is 4.73. The second-order valence-corrected chi connectivity index (χ2v) is 5.84. The second kappa shape index (κ2) is 4.21. The molecule has 1 heterocycles. The largest absolute Gasteiger partial charge is 0.236 e. The quantitative estimate of drug-likeness (QED) is 0.601. The number of thiazole rings is 1. The van der Waals surface area contributed by atoms with E-state index in [1.165, 1.54) is 27.0 Å². The summed E-state index contributed by atoms with van der Waals surface area (Å²) in [5.74, 6) is 0. The summed E-state index contributed by atoms with van der Waals surface area (Å²) in [6, 6.07) is 13.0. The van der Waals surface area contributed by atoms with E-state index in [9.17, 15) is 0 Å². The third kappa shape index (κ3) is 1.93. The fourth-order valence-corrected chi connectivity index (χ4v) is 3.35. The molecule has 0 atom stereocenters. The molecular weight excluding hydrogens is 238 g/mol. The number of hydrogen-bond donors (Lipinski definition) is 0. The Bertz CT molecular complexity index is 725. The molecule has 0 saturated carbocycles. The fraction of sp³-hybridized carbons (Fsp3) is 0.188. The molecule has 2 heteroatoms. The predicted octanol–water partition coefficient (Wildman–Crippen LogP) is 4.89. The van der Waals surface area contributed by atoms with E-state index in [1.54, 1.807) is 11.3 Å². The lowest BCUT2D eigenvalue weighted by Gasteiger charge is -2.02. The number of aromatic nitrogens is 1. The molecule has 0 spiro atoms. The van der Waals surface area contributed by atoms with Crippen molar-refractivity contribution < 1.29 is 0 Å². The van der Waals surface area contributed by atoms with Gasteiger partial charge in [0.15, 0.2) is 0 Å². The van der Waals surface area contributed by atoms with E-state index in [0.29, 0.717) is 0 Å². The average molecular weight is 253 g/mol. The molecule has 0 unspecified atom stereocenters. The number of nitrogens with zero attached hydrogens (tertiary/aromatic N) is 1. The summed E-state index contributed by atoms with van der Waals surface area (Å²) < 4.78 is 1.27. The Morgan fingerprint density at radius 2 is 1.61 bits per heavy atom. The first-order chi connectivity index (χ1) is 8.63. The van der Waals surface area contributed by atoms with E-state index in [0.717, 1.165) is 10.5 Å². The molecule has 1 nitrogen and oxygen atoms in total. The van der Waals surface area contributed by atoms with Gasteiger partial charge in [-0.15, -0.1) is 11.3 Å². The Balaban J connectivity index is 2.19. The smallest absolute Gasteiger partial charge is 0.124 e. The van der Waals surface area contributed by atoms with Crippen LogP contribution in [0.5, 0.6) is 0 Å². The van der Waals surface area contributed by atoms with Crippen molar-refractivity contribution in [3.63, 3.8) is 0 Å². The highest BCUT2D eigenvalue weighted by Crippen LogP contribution is 2.32. The molecule has 2 aromatic carbocycles. The molecule has 0 amide bonds. The molecule has 3 aromatic rings. The first-order valence-corrected chi connectivity index (χ1v) is 6.90. The number of aryl methyl sites for hydroxylation is 3. The van der Waals surface area contributed by atoms with Crippen molar-refractivity contribution in [2.24, 2.45) is 0 Å². The van der Waals surface area contributed by atoms with Gasteiger partial charge in [-0.05, 0) is 44.0 Å². The lowest BCUT2D eigenvalue weighted by atomic mass is 10.1. The van der Waals surface area contributed by atoms with Gasteiger partial charge < -0.3 is 0 Å². The minimum atomic E-state index is 1.10. The maximum atomic E-state index is 4.73. The third-order valence-corrected chi connectivity index (χ3v) is 4.21. The molecule has 0 radical (unpaired) electrons. The molecule has 0 aliphatic rings. The van der Waals surface area contributed by atoms with Crippen LogP contribution in [0.1, 0.15) is 16.7 Å². The Kier molecular flexibility index (Phi) is 2.67. The third-order valence-electron chi connectivity index (χ3n) is 3.16. The summed E-state index contributed by atoms with van der Waals surface area (Å²) in [7, 11) is 0. The molecule has 90 valence electrons. The Hall–Kier alpha value is -1.67. The van der Waals surface area contributed by atoms with Crippen molar-refractivity contribution in [2.75, 3.05) is 0 Å². The summed E-state index contributed by atoms with van der Waals surface area (Å²) in [6.07, 6.45) is 0. The van der Waals surface area contributed by atoms with Gasteiger partial charge in [0.2, 0.25) is 0 Å². The van der Waals surface area contributed by atoms with E-state index < -0.39 is 0 Å². The number of rotatable bonds is 1. The van der Waals surface area contributed by atoms with Crippen molar-refractivity contribution in [3.8, 4) is 10.6 Å². The molecule has 0 aliphatic carbocycles. The molecule has 0 bridgehead atoms. The minimum Gasteiger partial charge on any atom is -0.236 e.